The van der Waals surface area contributed by atoms with Crippen LogP contribution in [0.25, 0.3) is 5.69 Å². The average molecular weight is 311 g/mol. The van der Waals surface area contributed by atoms with E-state index in [0.717, 1.165) is 11.3 Å². The van der Waals surface area contributed by atoms with Crippen LogP contribution in [-0.2, 0) is 9.53 Å². The maximum absolute atomic E-state index is 11.5. The molecule has 0 amide bonds. The molecule has 2 rings (SSSR count). The highest BCUT2D eigenvalue weighted by molar-refractivity contribution is 5.92. The molecule has 0 aliphatic rings. The molecule has 7 heteroatoms. The van der Waals surface area contributed by atoms with Gasteiger partial charge >= 0.3 is 5.97 Å². The molecule has 1 aromatic carbocycles. The third-order valence-electron chi connectivity index (χ3n) is 3.20. The van der Waals surface area contributed by atoms with Crippen molar-refractivity contribution in [3.05, 3.63) is 42.5 Å². The lowest BCUT2D eigenvalue weighted by Crippen LogP contribution is -2.17. The molecule has 7 nitrogen and oxygen atoms in total. The van der Waals surface area contributed by atoms with Crippen LogP contribution in [0.15, 0.2) is 41.9 Å². The molecule has 0 bridgehead atoms. The fourth-order valence-corrected chi connectivity index (χ4v) is 1.93. The van der Waals surface area contributed by atoms with Gasteiger partial charge in [-0.05, 0) is 31.5 Å². The highest BCUT2D eigenvalue weighted by atomic mass is 16.5. The van der Waals surface area contributed by atoms with Crippen LogP contribution in [0.4, 0.5) is 0 Å². The number of ether oxygens (including phenoxy) is 1. The number of benzene rings is 1. The molecular weight excluding hydrogens is 294 g/mol. The van der Waals surface area contributed by atoms with Gasteiger partial charge in [-0.2, -0.15) is 10.4 Å². The summed E-state index contributed by atoms with van der Waals surface area (Å²) in [6.07, 6.45) is 4.43. The predicted molar refractivity (Wildman–Crippen MR) is 84.0 cm³/mol. The van der Waals surface area contributed by atoms with E-state index in [4.69, 9.17) is 10.00 Å². The quantitative estimate of drug-likeness (QED) is 0.601. The van der Waals surface area contributed by atoms with Gasteiger partial charge in [-0.1, -0.05) is 12.1 Å². The number of carbonyl (C=O) groups excluding carboxylic acids is 1. The normalized spacial score (nSPS) is 13.4. The molecule has 0 radical (unpaired) electrons. The molecule has 2 aromatic rings. The largest absolute Gasteiger partial charge is 0.465 e. The number of hydrogen-bond acceptors (Lipinski definition) is 6. The predicted octanol–water partition coefficient (Wildman–Crippen LogP) is 2.10. The van der Waals surface area contributed by atoms with Crippen LogP contribution in [0.2, 0.25) is 0 Å². The van der Waals surface area contributed by atoms with Crippen molar-refractivity contribution >= 4 is 12.2 Å². The number of nitriles is 1. The molecule has 0 fully saturated rings. The maximum atomic E-state index is 11.5. The summed E-state index contributed by atoms with van der Waals surface area (Å²) in [7, 11) is 0. The number of aliphatic imine (C=N–C) groups is 1. The Balaban J connectivity index is 2.05. The van der Waals surface area contributed by atoms with E-state index in [1.165, 1.54) is 12.5 Å². The highest BCUT2D eigenvalue weighted by Gasteiger charge is 2.17. The molecule has 0 aliphatic carbocycles. The molecular formula is C16H17N5O2. The summed E-state index contributed by atoms with van der Waals surface area (Å²) in [4.78, 5) is 19.7. The second-order valence-corrected chi connectivity index (χ2v) is 4.76. The molecule has 1 aromatic heterocycles. The van der Waals surface area contributed by atoms with Crippen molar-refractivity contribution in [2.75, 3.05) is 6.61 Å². The minimum atomic E-state index is -0.980. The van der Waals surface area contributed by atoms with E-state index < -0.39 is 11.9 Å². The van der Waals surface area contributed by atoms with E-state index in [2.05, 4.69) is 15.1 Å². The number of nitrogens with zero attached hydrogens (tertiary/aromatic N) is 5. The van der Waals surface area contributed by atoms with Crippen molar-refractivity contribution in [3.63, 3.8) is 0 Å². The average Bonchev–Trinajstić information content (AvgIpc) is 3.10. The zero-order valence-electron chi connectivity index (χ0n) is 13.0. The van der Waals surface area contributed by atoms with Gasteiger partial charge in [-0.3, -0.25) is 9.79 Å². The molecule has 118 valence electrons. The number of esters is 1. The lowest BCUT2D eigenvalue weighted by Gasteiger charge is -2.09. The molecule has 0 saturated heterocycles. The summed E-state index contributed by atoms with van der Waals surface area (Å²) in [6, 6.07) is 9.36. The second-order valence-electron chi connectivity index (χ2n) is 4.76. The van der Waals surface area contributed by atoms with Crippen molar-refractivity contribution in [1.82, 2.24) is 14.8 Å². The Bertz CT molecular complexity index is 701. The van der Waals surface area contributed by atoms with Gasteiger partial charge in [0.25, 0.3) is 0 Å². The van der Waals surface area contributed by atoms with E-state index in [9.17, 15) is 4.79 Å². The molecule has 1 heterocycles. The molecule has 2 atom stereocenters. The fourth-order valence-electron chi connectivity index (χ4n) is 1.93. The fraction of sp³-hybridized carbons (Fsp3) is 0.312. The lowest BCUT2D eigenvalue weighted by molar-refractivity contribution is -0.143. The van der Waals surface area contributed by atoms with Gasteiger partial charge in [0, 0.05) is 6.21 Å². The van der Waals surface area contributed by atoms with Gasteiger partial charge in [-0.25, -0.2) is 9.67 Å². The van der Waals surface area contributed by atoms with Crippen LogP contribution in [0.3, 0.4) is 0 Å². The Hall–Kier alpha value is -3.01. The van der Waals surface area contributed by atoms with Gasteiger partial charge in [0.1, 0.15) is 12.7 Å². The second kappa shape index (κ2) is 7.84. The smallest absolute Gasteiger partial charge is 0.328 e. The summed E-state index contributed by atoms with van der Waals surface area (Å²) in [5.41, 5.74) is 1.86. The van der Waals surface area contributed by atoms with E-state index in [1.54, 1.807) is 17.9 Å². The highest BCUT2D eigenvalue weighted by Crippen LogP contribution is 2.18. The number of hydrogen-bond donors (Lipinski definition) is 0. The first-order valence-corrected chi connectivity index (χ1v) is 7.20. The zero-order valence-corrected chi connectivity index (χ0v) is 13.0. The monoisotopic (exact) mass is 311 g/mol. The maximum Gasteiger partial charge on any atom is 0.328 e. The van der Waals surface area contributed by atoms with Gasteiger partial charge in [0.2, 0.25) is 0 Å². The summed E-state index contributed by atoms with van der Waals surface area (Å²) in [5.74, 6) is -1.56. The van der Waals surface area contributed by atoms with E-state index in [0.29, 0.717) is 0 Å². The Morgan fingerprint density at radius 3 is 2.78 bits per heavy atom. The molecule has 23 heavy (non-hydrogen) atoms. The first-order chi connectivity index (χ1) is 11.2. The zero-order chi connectivity index (χ0) is 16.7. The van der Waals surface area contributed by atoms with Gasteiger partial charge in [-0.15, -0.1) is 0 Å². The standard InChI is InChI=1S/C16H17N5O2/c1-3-23-16(22)14(8-17)9-19-12(2)13-4-6-15(7-5-13)21-11-18-10-20-21/h4-7,9-12,14H,3H2,1-2H3/t12-,14+/m1/s1. The summed E-state index contributed by atoms with van der Waals surface area (Å²) in [6.45, 7) is 3.83. The first kappa shape index (κ1) is 16.4. The summed E-state index contributed by atoms with van der Waals surface area (Å²) in [5, 5.41) is 13.0. The topological polar surface area (TPSA) is 93.2 Å². The van der Waals surface area contributed by atoms with Gasteiger partial charge < -0.3 is 4.74 Å². The molecule has 0 N–H and O–H groups in total. The Morgan fingerprint density at radius 1 is 1.48 bits per heavy atom. The molecule has 0 spiro atoms. The SMILES string of the molecule is CCOC(=O)[C@@H](C#N)C=N[C@H](C)c1ccc(-n2cncn2)cc1. The van der Waals surface area contributed by atoms with Gasteiger partial charge in [0.05, 0.1) is 24.4 Å². The Labute approximate surface area is 134 Å². The minimum Gasteiger partial charge on any atom is -0.465 e. The van der Waals surface area contributed by atoms with Crippen LogP contribution in [0.5, 0.6) is 0 Å². The lowest BCUT2D eigenvalue weighted by atomic mass is 10.1. The first-order valence-electron chi connectivity index (χ1n) is 7.20. The van der Waals surface area contributed by atoms with Crippen molar-refractivity contribution in [2.45, 2.75) is 19.9 Å². The van der Waals surface area contributed by atoms with E-state index in [1.807, 2.05) is 37.3 Å². The third-order valence-corrected chi connectivity index (χ3v) is 3.20. The van der Waals surface area contributed by atoms with Crippen molar-refractivity contribution in [3.8, 4) is 11.8 Å². The van der Waals surface area contributed by atoms with Crippen LogP contribution >= 0.6 is 0 Å². The number of carbonyl (C=O) groups is 1. The molecule has 0 aliphatic heterocycles. The third kappa shape index (κ3) is 4.23. The minimum absolute atomic E-state index is 0.176. The van der Waals surface area contributed by atoms with Gasteiger partial charge in [0.15, 0.2) is 5.92 Å². The van der Waals surface area contributed by atoms with Crippen molar-refractivity contribution in [2.24, 2.45) is 10.9 Å². The molecule has 0 saturated carbocycles. The Morgan fingerprint density at radius 2 is 2.22 bits per heavy atom. The van der Waals surface area contributed by atoms with E-state index >= 15 is 0 Å². The van der Waals surface area contributed by atoms with Crippen LogP contribution in [-0.4, -0.2) is 33.6 Å². The van der Waals surface area contributed by atoms with Crippen LogP contribution in [0, 0.1) is 17.2 Å². The molecule has 0 unspecified atom stereocenters. The summed E-state index contributed by atoms with van der Waals surface area (Å²) < 4.78 is 6.48. The number of rotatable bonds is 6. The van der Waals surface area contributed by atoms with Crippen molar-refractivity contribution in [1.29, 1.82) is 5.26 Å². The number of aromatic nitrogens is 3. The van der Waals surface area contributed by atoms with E-state index in [-0.39, 0.29) is 12.6 Å². The van der Waals surface area contributed by atoms with Crippen LogP contribution in [0.1, 0.15) is 25.5 Å². The summed E-state index contributed by atoms with van der Waals surface area (Å²) >= 11 is 0. The Kier molecular flexibility index (Phi) is 5.58. The van der Waals surface area contributed by atoms with Crippen molar-refractivity contribution < 1.29 is 9.53 Å². The van der Waals surface area contributed by atoms with Crippen LogP contribution < -0.4 is 0 Å².